The van der Waals surface area contributed by atoms with Gasteiger partial charge in [-0.1, -0.05) is 26.2 Å². The molecule has 1 aliphatic carbocycles. The van der Waals surface area contributed by atoms with E-state index >= 15 is 0 Å². The lowest BCUT2D eigenvalue weighted by Crippen LogP contribution is -2.34. The molecule has 72 valence electrons. The molecule has 2 N–H and O–H groups in total. The molecule has 0 aromatic carbocycles. The summed E-state index contributed by atoms with van der Waals surface area (Å²) in [4.78, 5) is 0. The zero-order valence-electron chi connectivity index (χ0n) is 7.87. The molecule has 0 radical (unpaired) electrons. The second kappa shape index (κ2) is 4.83. The summed E-state index contributed by atoms with van der Waals surface area (Å²) in [5, 5.41) is 19.3. The molecule has 0 aromatic heterocycles. The highest BCUT2D eigenvalue weighted by Gasteiger charge is 2.28. The molecule has 0 unspecified atom stereocenters. The van der Waals surface area contributed by atoms with Gasteiger partial charge >= 0.3 is 0 Å². The molecule has 0 heterocycles. The van der Waals surface area contributed by atoms with E-state index < -0.39 is 0 Å². The van der Waals surface area contributed by atoms with E-state index in [9.17, 15) is 10.2 Å². The molecule has 12 heavy (non-hydrogen) atoms. The molecular weight excluding hydrogens is 152 g/mol. The van der Waals surface area contributed by atoms with Gasteiger partial charge in [0.25, 0.3) is 0 Å². The molecule has 0 spiro atoms. The zero-order valence-corrected chi connectivity index (χ0v) is 7.87. The molecule has 1 fully saturated rings. The van der Waals surface area contributed by atoms with Crippen LogP contribution in [-0.2, 0) is 0 Å². The van der Waals surface area contributed by atoms with Gasteiger partial charge in [-0.3, -0.25) is 0 Å². The van der Waals surface area contributed by atoms with E-state index in [1.165, 1.54) is 6.42 Å². The van der Waals surface area contributed by atoms with Crippen molar-refractivity contribution in [2.24, 2.45) is 5.92 Å². The smallest absolute Gasteiger partial charge is 0.0593 e. The topological polar surface area (TPSA) is 40.5 Å². The quantitative estimate of drug-likeness (QED) is 0.680. The Morgan fingerprint density at radius 2 is 2.00 bits per heavy atom. The zero-order chi connectivity index (χ0) is 8.97. The van der Waals surface area contributed by atoms with Crippen LogP contribution in [0.25, 0.3) is 0 Å². The number of aliphatic hydroxyl groups is 2. The summed E-state index contributed by atoms with van der Waals surface area (Å²) in [6.07, 6.45) is 5.49. The minimum Gasteiger partial charge on any atom is -0.393 e. The Labute approximate surface area is 74.6 Å². The van der Waals surface area contributed by atoms with Crippen molar-refractivity contribution in [3.63, 3.8) is 0 Å². The van der Waals surface area contributed by atoms with Crippen molar-refractivity contribution in [2.75, 3.05) is 0 Å². The summed E-state index contributed by atoms with van der Waals surface area (Å²) in [6.45, 7) is 2.07. The monoisotopic (exact) mass is 172 g/mol. The van der Waals surface area contributed by atoms with E-state index in [-0.39, 0.29) is 18.1 Å². The van der Waals surface area contributed by atoms with Crippen molar-refractivity contribution < 1.29 is 10.2 Å². The van der Waals surface area contributed by atoms with E-state index in [1.807, 2.05) is 0 Å². The first-order chi connectivity index (χ1) is 5.75. The van der Waals surface area contributed by atoms with Gasteiger partial charge in [-0.2, -0.15) is 0 Å². The van der Waals surface area contributed by atoms with Crippen LogP contribution in [0.15, 0.2) is 0 Å². The van der Waals surface area contributed by atoms with E-state index in [1.54, 1.807) is 0 Å². The van der Waals surface area contributed by atoms with Gasteiger partial charge in [-0.15, -0.1) is 0 Å². The minimum atomic E-state index is -0.273. The lowest BCUT2D eigenvalue weighted by molar-refractivity contribution is -0.0156. The molecule has 2 heteroatoms. The van der Waals surface area contributed by atoms with Crippen LogP contribution < -0.4 is 0 Å². The van der Waals surface area contributed by atoms with Crippen LogP contribution in [0.3, 0.4) is 0 Å². The van der Waals surface area contributed by atoms with E-state index in [0.29, 0.717) is 0 Å². The molecule has 0 amide bonds. The van der Waals surface area contributed by atoms with Crippen molar-refractivity contribution in [2.45, 2.75) is 57.7 Å². The van der Waals surface area contributed by atoms with Gasteiger partial charge in [0.1, 0.15) is 0 Å². The van der Waals surface area contributed by atoms with E-state index in [0.717, 1.165) is 32.1 Å². The molecule has 0 bridgehead atoms. The Hall–Kier alpha value is -0.0800. The fourth-order valence-electron chi connectivity index (χ4n) is 2.10. The van der Waals surface area contributed by atoms with Crippen molar-refractivity contribution in [3.05, 3.63) is 0 Å². The SMILES string of the molecule is CCC[C@H](O)[C@@H]1CCCC[C@@H]1O. The predicted octanol–water partition coefficient (Wildman–Crippen LogP) is 1.70. The Morgan fingerprint density at radius 1 is 1.33 bits per heavy atom. The van der Waals surface area contributed by atoms with Gasteiger partial charge in [0.2, 0.25) is 0 Å². The summed E-state index contributed by atoms with van der Waals surface area (Å²) in [5.41, 5.74) is 0. The van der Waals surface area contributed by atoms with E-state index in [2.05, 4.69) is 6.92 Å². The number of rotatable bonds is 3. The first kappa shape index (κ1) is 10.0. The fourth-order valence-corrected chi connectivity index (χ4v) is 2.10. The standard InChI is InChI=1S/C10H20O2/c1-2-5-9(11)8-6-3-4-7-10(8)12/h8-12H,2-7H2,1H3/t8-,9-,10-/m0/s1. The summed E-state index contributed by atoms with van der Waals surface area (Å²) >= 11 is 0. The number of hydrogen-bond donors (Lipinski definition) is 2. The Morgan fingerprint density at radius 3 is 2.58 bits per heavy atom. The third-order valence-electron chi connectivity index (χ3n) is 2.86. The average molecular weight is 172 g/mol. The van der Waals surface area contributed by atoms with Crippen molar-refractivity contribution in [1.29, 1.82) is 0 Å². The molecular formula is C10H20O2. The molecule has 0 aromatic rings. The van der Waals surface area contributed by atoms with Crippen molar-refractivity contribution >= 4 is 0 Å². The Kier molecular flexibility index (Phi) is 4.02. The van der Waals surface area contributed by atoms with Gasteiger partial charge in [-0.05, 0) is 19.3 Å². The third kappa shape index (κ3) is 2.46. The van der Waals surface area contributed by atoms with Crippen LogP contribution in [0.4, 0.5) is 0 Å². The number of aliphatic hydroxyl groups excluding tert-OH is 2. The van der Waals surface area contributed by atoms with Gasteiger partial charge in [0.15, 0.2) is 0 Å². The third-order valence-corrected chi connectivity index (χ3v) is 2.86. The fraction of sp³-hybridized carbons (Fsp3) is 1.00. The highest BCUT2D eigenvalue weighted by Crippen LogP contribution is 2.28. The minimum absolute atomic E-state index is 0.152. The molecule has 1 rings (SSSR count). The molecule has 1 saturated carbocycles. The maximum Gasteiger partial charge on any atom is 0.0593 e. The maximum atomic E-state index is 9.68. The van der Waals surface area contributed by atoms with Crippen LogP contribution >= 0.6 is 0 Å². The largest absolute Gasteiger partial charge is 0.393 e. The summed E-state index contributed by atoms with van der Waals surface area (Å²) in [7, 11) is 0. The second-order valence-corrected chi connectivity index (χ2v) is 3.87. The summed E-state index contributed by atoms with van der Waals surface area (Å²) < 4.78 is 0. The van der Waals surface area contributed by atoms with Gasteiger partial charge in [-0.25, -0.2) is 0 Å². The number of hydrogen-bond acceptors (Lipinski definition) is 2. The van der Waals surface area contributed by atoms with Crippen LogP contribution in [0.5, 0.6) is 0 Å². The molecule has 0 aliphatic heterocycles. The molecule has 2 nitrogen and oxygen atoms in total. The normalized spacial score (nSPS) is 33.2. The average Bonchev–Trinajstić information content (AvgIpc) is 2.05. The predicted molar refractivity (Wildman–Crippen MR) is 48.9 cm³/mol. The van der Waals surface area contributed by atoms with Crippen LogP contribution in [0.2, 0.25) is 0 Å². The highest BCUT2D eigenvalue weighted by molar-refractivity contribution is 4.79. The molecule has 1 aliphatic rings. The van der Waals surface area contributed by atoms with Crippen LogP contribution in [-0.4, -0.2) is 22.4 Å². The van der Waals surface area contributed by atoms with Crippen molar-refractivity contribution in [3.8, 4) is 0 Å². The lowest BCUT2D eigenvalue weighted by Gasteiger charge is -2.31. The lowest BCUT2D eigenvalue weighted by atomic mass is 9.81. The second-order valence-electron chi connectivity index (χ2n) is 3.87. The Bertz CT molecular complexity index is 125. The van der Waals surface area contributed by atoms with Crippen LogP contribution in [0, 0.1) is 5.92 Å². The molecule has 3 atom stereocenters. The van der Waals surface area contributed by atoms with Gasteiger partial charge < -0.3 is 10.2 Å². The summed E-state index contributed by atoms with van der Waals surface area (Å²) in [5.74, 6) is 0.152. The first-order valence-corrected chi connectivity index (χ1v) is 5.11. The van der Waals surface area contributed by atoms with Gasteiger partial charge in [0, 0.05) is 5.92 Å². The Balaban J connectivity index is 2.36. The molecule has 0 saturated heterocycles. The van der Waals surface area contributed by atoms with Crippen LogP contribution in [0.1, 0.15) is 45.4 Å². The van der Waals surface area contributed by atoms with Crippen molar-refractivity contribution in [1.82, 2.24) is 0 Å². The summed E-state index contributed by atoms with van der Waals surface area (Å²) in [6, 6.07) is 0. The van der Waals surface area contributed by atoms with E-state index in [4.69, 9.17) is 0 Å². The maximum absolute atomic E-state index is 9.68. The van der Waals surface area contributed by atoms with Gasteiger partial charge in [0.05, 0.1) is 12.2 Å². The first-order valence-electron chi connectivity index (χ1n) is 5.11. The highest BCUT2D eigenvalue weighted by atomic mass is 16.3.